The first-order valence-electron chi connectivity index (χ1n) is 15.3. The summed E-state index contributed by atoms with van der Waals surface area (Å²) >= 11 is 0. The molecule has 0 atom stereocenters. The molecule has 9 nitrogen and oxygen atoms in total. The number of carboxylic acid groups (broad SMARTS) is 1. The third-order valence-electron chi connectivity index (χ3n) is 8.60. The number of piperidine rings is 1. The van der Waals surface area contributed by atoms with E-state index in [1.54, 1.807) is 18.2 Å². The lowest BCUT2D eigenvalue weighted by molar-refractivity contribution is -0.146. The van der Waals surface area contributed by atoms with E-state index in [9.17, 15) is 19.5 Å². The number of methoxy groups -OCH3 is 1. The van der Waals surface area contributed by atoms with E-state index in [1.165, 1.54) is 25.5 Å². The second-order valence-electron chi connectivity index (χ2n) is 11.9. The van der Waals surface area contributed by atoms with Crippen LogP contribution < -0.4 is 16.0 Å². The van der Waals surface area contributed by atoms with Crippen LogP contribution in [0.2, 0.25) is 0 Å². The summed E-state index contributed by atoms with van der Waals surface area (Å²) in [4.78, 5) is 41.4. The van der Waals surface area contributed by atoms with E-state index in [-0.39, 0.29) is 17.6 Å². The molecule has 1 saturated heterocycles. The minimum absolute atomic E-state index is 0.103. The van der Waals surface area contributed by atoms with Crippen molar-refractivity contribution in [2.75, 3.05) is 26.7 Å². The van der Waals surface area contributed by atoms with Gasteiger partial charge in [0.05, 0.1) is 18.6 Å². The van der Waals surface area contributed by atoms with Gasteiger partial charge in [-0.1, -0.05) is 66.7 Å². The number of ether oxygens (including phenoxy) is 2. The third kappa shape index (κ3) is 6.49. The molecule has 2 heterocycles. The zero-order valence-corrected chi connectivity index (χ0v) is 25.6. The molecule has 0 radical (unpaired) electrons. The fraction of sp³-hybridized carbons (Fsp3) is 0.400. The Morgan fingerprint density at radius 2 is 1.48 bits per heavy atom. The van der Waals surface area contributed by atoms with E-state index in [4.69, 9.17) is 9.47 Å². The second-order valence-corrected chi connectivity index (χ2v) is 11.9. The number of aromatic nitrogens is 2. The van der Waals surface area contributed by atoms with Crippen LogP contribution in [0.4, 0.5) is 0 Å². The summed E-state index contributed by atoms with van der Waals surface area (Å²) in [5, 5.41) is 10.1. The number of rotatable bonds is 12. The van der Waals surface area contributed by atoms with Gasteiger partial charge >= 0.3 is 11.7 Å². The molecule has 4 aromatic rings. The number of carbonyl (C=O) groups is 1. The Labute approximate surface area is 257 Å². The lowest BCUT2D eigenvalue weighted by Crippen LogP contribution is -2.52. The average Bonchev–Trinajstić information content (AvgIpc) is 3.04. The van der Waals surface area contributed by atoms with Gasteiger partial charge < -0.3 is 19.5 Å². The standard InChI is InChI=1S/C35H41N3O6/c1-35(2,33(40)41)38-32(39)28-17-12-18-29(43-3)30(28)37(34(38)42)22-11-10-21-36-23-19-27(20-24-36)44-31(25-13-6-4-7-14-25)26-15-8-5-9-16-26/h4-9,12-18,27,31H,10-11,19-24H2,1-3H3,(H,40,41). The molecule has 0 aliphatic carbocycles. The number of benzene rings is 3. The van der Waals surface area contributed by atoms with Crippen LogP contribution in [0.1, 0.15) is 56.8 Å². The third-order valence-corrected chi connectivity index (χ3v) is 8.60. The van der Waals surface area contributed by atoms with Crippen LogP contribution in [0.25, 0.3) is 10.9 Å². The van der Waals surface area contributed by atoms with Crippen molar-refractivity contribution in [1.29, 1.82) is 0 Å². The first-order valence-corrected chi connectivity index (χ1v) is 15.3. The van der Waals surface area contributed by atoms with Crippen molar-refractivity contribution in [2.24, 2.45) is 0 Å². The number of aryl methyl sites for hydroxylation is 1. The van der Waals surface area contributed by atoms with Crippen LogP contribution in [-0.2, 0) is 21.6 Å². The molecule has 1 aliphatic heterocycles. The van der Waals surface area contributed by atoms with Crippen molar-refractivity contribution in [3.8, 4) is 5.75 Å². The number of unbranched alkanes of at least 4 members (excludes halogenated alkanes) is 1. The van der Waals surface area contributed by atoms with Gasteiger partial charge in [-0.25, -0.2) is 14.2 Å². The molecule has 1 N–H and O–H groups in total. The molecule has 0 bridgehead atoms. The Bertz CT molecular complexity index is 1650. The SMILES string of the molecule is COc1cccc2c(=O)n(C(C)(C)C(=O)O)c(=O)n(CCCCN3CCC(OC(c4ccccc4)c4ccccc4)CC3)c12. The summed E-state index contributed by atoms with van der Waals surface area (Å²) in [5.41, 5.74) is -0.299. The van der Waals surface area contributed by atoms with E-state index in [2.05, 4.69) is 29.2 Å². The van der Waals surface area contributed by atoms with Crippen LogP contribution in [0.5, 0.6) is 5.75 Å². The maximum absolute atomic E-state index is 13.6. The van der Waals surface area contributed by atoms with Crippen molar-refractivity contribution in [3.63, 3.8) is 0 Å². The van der Waals surface area contributed by atoms with Gasteiger partial charge in [0.1, 0.15) is 22.9 Å². The predicted octanol–water partition coefficient (Wildman–Crippen LogP) is 5.04. The zero-order chi connectivity index (χ0) is 31.3. The Hall–Kier alpha value is -4.21. The highest BCUT2D eigenvalue weighted by Gasteiger charge is 2.34. The molecular formula is C35H41N3O6. The maximum Gasteiger partial charge on any atom is 0.332 e. The van der Waals surface area contributed by atoms with E-state index >= 15 is 0 Å². The number of para-hydroxylation sites is 1. The largest absolute Gasteiger partial charge is 0.495 e. The predicted molar refractivity (Wildman–Crippen MR) is 170 cm³/mol. The highest BCUT2D eigenvalue weighted by molar-refractivity contribution is 5.85. The van der Waals surface area contributed by atoms with Crippen LogP contribution in [0, 0.1) is 0 Å². The van der Waals surface area contributed by atoms with Gasteiger partial charge in [0.2, 0.25) is 0 Å². The quantitative estimate of drug-likeness (QED) is 0.228. The number of aliphatic carboxylic acids is 1. The topological polar surface area (TPSA) is 103 Å². The summed E-state index contributed by atoms with van der Waals surface area (Å²) in [7, 11) is 1.49. The lowest BCUT2D eigenvalue weighted by atomic mass is 10.00. The van der Waals surface area contributed by atoms with Gasteiger partial charge in [0.25, 0.3) is 5.56 Å². The highest BCUT2D eigenvalue weighted by Crippen LogP contribution is 2.30. The van der Waals surface area contributed by atoms with Crippen LogP contribution in [-0.4, -0.2) is 58.0 Å². The van der Waals surface area contributed by atoms with Crippen molar-refractivity contribution in [2.45, 2.75) is 63.8 Å². The Kier molecular flexibility index (Phi) is 9.66. The van der Waals surface area contributed by atoms with Crippen LogP contribution >= 0.6 is 0 Å². The van der Waals surface area contributed by atoms with Crippen molar-refractivity contribution < 1.29 is 19.4 Å². The van der Waals surface area contributed by atoms with Gasteiger partial charge in [-0.2, -0.15) is 0 Å². The summed E-state index contributed by atoms with van der Waals surface area (Å²) < 4.78 is 14.5. The second kappa shape index (κ2) is 13.6. The minimum Gasteiger partial charge on any atom is -0.495 e. The molecule has 0 amide bonds. The number of hydrogen-bond acceptors (Lipinski definition) is 6. The lowest BCUT2D eigenvalue weighted by Gasteiger charge is -2.34. The van der Waals surface area contributed by atoms with Gasteiger partial charge in [-0.05, 0) is 69.3 Å². The molecule has 3 aromatic carbocycles. The van der Waals surface area contributed by atoms with E-state index < -0.39 is 22.8 Å². The van der Waals surface area contributed by atoms with Crippen molar-refractivity contribution in [1.82, 2.24) is 14.0 Å². The highest BCUT2D eigenvalue weighted by atomic mass is 16.5. The number of fused-ring (bicyclic) bond motifs is 1. The summed E-state index contributed by atoms with van der Waals surface area (Å²) in [5.74, 6) is -0.847. The minimum atomic E-state index is -1.71. The van der Waals surface area contributed by atoms with Crippen molar-refractivity contribution >= 4 is 16.9 Å². The molecule has 44 heavy (non-hydrogen) atoms. The first kappa shape index (κ1) is 31.2. The Morgan fingerprint density at radius 3 is 2.05 bits per heavy atom. The normalized spacial score (nSPS) is 14.7. The van der Waals surface area contributed by atoms with Gasteiger partial charge in [0, 0.05) is 19.6 Å². The van der Waals surface area contributed by atoms with Crippen LogP contribution in [0.15, 0.2) is 88.5 Å². The molecule has 5 rings (SSSR count). The molecule has 1 aliphatic rings. The number of hydrogen-bond donors (Lipinski definition) is 1. The van der Waals surface area contributed by atoms with Gasteiger partial charge in [-0.3, -0.25) is 9.36 Å². The number of likely N-dealkylation sites (tertiary alicyclic amines) is 1. The molecule has 0 saturated carbocycles. The fourth-order valence-electron chi connectivity index (χ4n) is 6.03. The summed E-state index contributed by atoms with van der Waals surface area (Å²) in [6.45, 7) is 5.79. The van der Waals surface area contributed by atoms with Crippen LogP contribution in [0.3, 0.4) is 0 Å². The summed E-state index contributed by atoms with van der Waals surface area (Å²) in [6.07, 6.45) is 3.45. The van der Waals surface area contributed by atoms with Crippen molar-refractivity contribution in [3.05, 3.63) is 111 Å². The first-order chi connectivity index (χ1) is 21.2. The van der Waals surface area contributed by atoms with E-state index in [0.29, 0.717) is 24.2 Å². The number of nitrogens with zero attached hydrogens (tertiary/aromatic N) is 3. The Balaban J connectivity index is 1.23. The molecule has 9 heteroatoms. The average molecular weight is 600 g/mol. The molecular weight excluding hydrogens is 558 g/mol. The van der Waals surface area contributed by atoms with E-state index in [1.807, 2.05) is 36.4 Å². The Morgan fingerprint density at radius 1 is 0.886 bits per heavy atom. The fourth-order valence-corrected chi connectivity index (χ4v) is 6.03. The smallest absolute Gasteiger partial charge is 0.332 e. The number of carboxylic acids is 1. The van der Waals surface area contributed by atoms with E-state index in [0.717, 1.165) is 54.6 Å². The van der Waals surface area contributed by atoms with Gasteiger partial charge in [-0.15, -0.1) is 0 Å². The summed E-state index contributed by atoms with van der Waals surface area (Å²) in [6, 6.07) is 25.7. The molecule has 1 aromatic heterocycles. The monoisotopic (exact) mass is 599 g/mol. The maximum atomic E-state index is 13.6. The molecule has 1 fully saturated rings. The van der Waals surface area contributed by atoms with Gasteiger partial charge in [0.15, 0.2) is 0 Å². The molecule has 232 valence electrons. The molecule has 0 spiro atoms. The molecule has 0 unspecified atom stereocenters. The zero-order valence-electron chi connectivity index (χ0n) is 25.6.